The Morgan fingerprint density at radius 3 is 2.21 bits per heavy atom. The highest BCUT2D eigenvalue weighted by atomic mass is 79.9. The average Bonchev–Trinajstić information content (AvgIpc) is 2.37. The maximum Gasteiger partial charge on any atom is 0.124 e. The molecule has 0 amide bonds. The first-order valence-corrected chi connectivity index (χ1v) is 6.82. The van der Waals surface area contributed by atoms with Crippen molar-refractivity contribution >= 4 is 21.6 Å². The topological polar surface area (TPSA) is 33.1 Å². The number of hydrogen-bond donors (Lipinski definition) is 1. The van der Waals surface area contributed by atoms with Crippen molar-refractivity contribution in [3.63, 3.8) is 0 Å². The van der Waals surface area contributed by atoms with Crippen LogP contribution in [-0.2, 0) is 0 Å². The van der Waals surface area contributed by atoms with E-state index in [4.69, 9.17) is 10.1 Å². The van der Waals surface area contributed by atoms with Gasteiger partial charge in [0.25, 0.3) is 0 Å². The number of ether oxygens (including phenoxy) is 1. The van der Waals surface area contributed by atoms with Crippen LogP contribution < -0.4 is 4.74 Å². The van der Waals surface area contributed by atoms with Crippen LogP contribution >= 0.6 is 15.9 Å². The number of benzene rings is 2. The molecule has 0 fully saturated rings. The van der Waals surface area contributed by atoms with E-state index in [0.29, 0.717) is 5.71 Å². The van der Waals surface area contributed by atoms with Gasteiger partial charge in [0, 0.05) is 15.6 Å². The van der Waals surface area contributed by atoms with Gasteiger partial charge in [-0.15, -0.1) is 0 Å². The molecule has 0 spiro atoms. The summed E-state index contributed by atoms with van der Waals surface area (Å²) in [4.78, 5) is 0. The third kappa shape index (κ3) is 2.87. The summed E-state index contributed by atoms with van der Waals surface area (Å²) in [6, 6.07) is 11.8. The second-order valence-electron chi connectivity index (χ2n) is 4.53. The minimum atomic E-state index is 0.523. The number of halogens is 1. The molecule has 0 aliphatic carbocycles. The SMILES string of the molecule is COc1c(C)cc(C(=N)c2cccc(Br)c2)cc1C. The predicted molar refractivity (Wildman–Crippen MR) is 82.5 cm³/mol. The molecule has 19 heavy (non-hydrogen) atoms. The summed E-state index contributed by atoms with van der Waals surface area (Å²) in [6.45, 7) is 4.01. The van der Waals surface area contributed by atoms with Crippen molar-refractivity contribution in [2.45, 2.75) is 13.8 Å². The fraction of sp³-hybridized carbons (Fsp3) is 0.188. The van der Waals surface area contributed by atoms with Gasteiger partial charge in [0.1, 0.15) is 5.75 Å². The minimum Gasteiger partial charge on any atom is -0.496 e. The lowest BCUT2D eigenvalue weighted by atomic mass is 9.98. The maximum atomic E-state index is 8.33. The number of methoxy groups -OCH3 is 1. The van der Waals surface area contributed by atoms with E-state index in [-0.39, 0.29) is 0 Å². The molecule has 0 saturated carbocycles. The molecule has 0 radical (unpaired) electrons. The molecule has 0 saturated heterocycles. The van der Waals surface area contributed by atoms with E-state index in [2.05, 4.69) is 15.9 Å². The Morgan fingerprint density at radius 2 is 1.68 bits per heavy atom. The molecular weight excluding hydrogens is 302 g/mol. The Hall–Kier alpha value is -1.61. The summed E-state index contributed by atoms with van der Waals surface area (Å²) >= 11 is 3.44. The summed E-state index contributed by atoms with van der Waals surface area (Å²) in [5.74, 6) is 0.894. The van der Waals surface area contributed by atoms with Crippen LogP contribution in [0.25, 0.3) is 0 Å². The Balaban J connectivity index is 2.45. The lowest BCUT2D eigenvalue weighted by molar-refractivity contribution is 0.408. The summed E-state index contributed by atoms with van der Waals surface area (Å²) in [5.41, 5.74) is 4.44. The number of rotatable bonds is 3. The molecule has 3 heteroatoms. The molecule has 0 heterocycles. The van der Waals surface area contributed by atoms with Gasteiger partial charge in [-0.1, -0.05) is 28.1 Å². The van der Waals surface area contributed by atoms with E-state index in [0.717, 1.165) is 32.5 Å². The zero-order valence-electron chi connectivity index (χ0n) is 11.3. The van der Waals surface area contributed by atoms with Crippen molar-refractivity contribution in [1.82, 2.24) is 0 Å². The van der Waals surface area contributed by atoms with Gasteiger partial charge in [-0.2, -0.15) is 0 Å². The van der Waals surface area contributed by atoms with Crippen LogP contribution in [0.3, 0.4) is 0 Å². The van der Waals surface area contributed by atoms with Crippen LogP contribution in [0.2, 0.25) is 0 Å². The average molecular weight is 318 g/mol. The zero-order chi connectivity index (χ0) is 14.0. The fourth-order valence-electron chi connectivity index (χ4n) is 2.23. The summed E-state index contributed by atoms with van der Waals surface area (Å²) in [6.07, 6.45) is 0. The lowest BCUT2D eigenvalue weighted by Gasteiger charge is -2.12. The molecule has 2 aromatic rings. The van der Waals surface area contributed by atoms with Gasteiger partial charge in [0.15, 0.2) is 0 Å². The van der Waals surface area contributed by atoms with Crippen LogP contribution in [0.4, 0.5) is 0 Å². The van der Waals surface area contributed by atoms with Crippen molar-refractivity contribution in [1.29, 1.82) is 5.41 Å². The van der Waals surface area contributed by atoms with Crippen LogP contribution in [0.15, 0.2) is 40.9 Å². The molecule has 0 bridgehead atoms. The van der Waals surface area contributed by atoms with Crippen LogP contribution in [-0.4, -0.2) is 12.8 Å². The van der Waals surface area contributed by atoms with Crippen molar-refractivity contribution in [2.24, 2.45) is 0 Å². The van der Waals surface area contributed by atoms with E-state index in [1.54, 1.807) is 7.11 Å². The zero-order valence-corrected chi connectivity index (χ0v) is 12.8. The van der Waals surface area contributed by atoms with E-state index in [1.807, 2.05) is 50.2 Å². The largest absolute Gasteiger partial charge is 0.496 e. The molecule has 0 aliphatic rings. The van der Waals surface area contributed by atoms with Gasteiger partial charge in [-0.3, -0.25) is 5.41 Å². The van der Waals surface area contributed by atoms with Gasteiger partial charge in [0.2, 0.25) is 0 Å². The highest BCUT2D eigenvalue weighted by Crippen LogP contribution is 2.26. The first kappa shape index (κ1) is 13.8. The smallest absolute Gasteiger partial charge is 0.124 e. The quantitative estimate of drug-likeness (QED) is 0.831. The maximum absolute atomic E-state index is 8.33. The number of nitrogens with one attached hydrogen (secondary N) is 1. The first-order chi connectivity index (χ1) is 9.02. The van der Waals surface area contributed by atoms with Crippen molar-refractivity contribution in [3.05, 3.63) is 63.1 Å². The van der Waals surface area contributed by atoms with Gasteiger partial charge in [-0.05, 0) is 49.2 Å². The molecule has 0 aromatic heterocycles. The second-order valence-corrected chi connectivity index (χ2v) is 5.44. The highest BCUT2D eigenvalue weighted by Gasteiger charge is 2.10. The van der Waals surface area contributed by atoms with Gasteiger partial charge in [0.05, 0.1) is 12.8 Å². The lowest BCUT2D eigenvalue weighted by Crippen LogP contribution is -2.03. The molecule has 2 rings (SSSR count). The number of aryl methyl sites for hydroxylation is 2. The predicted octanol–water partition coefficient (Wildman–Crippen LogP) is 4.49. The summed E-state index contributed by atoms with van der Waals surface area (Å²) < 4.78 is 6.34. The van der Waals surface area contributed by atoms with Crippen LogP contribution in [0.1, 0.15) is 22.3 Å². The molecule has 98 valence electrons. The van der Waals surface area contributed by atoms with Crippen molar-refractivity contribution in [2.75, 3.05) is 7.11 Å². The minimum absolute atomic E-state index is 0.523. The van der Waals surface area contributed by atoms with Crippen molar-refractivity contribution in [3.8, 4) is 5.75 Å². The van der Waals surface area contributed by atoms with Crippen LogP contribution in [0, 0.1) is 19.3 Å². The van der Waals surface area contributed by atoms with Crippen molar-refractivity contribution < 1.29 is 4.74 Å². The third-order valence-corrected chi connectivity index (χ3v) is 3.56. The van der Waals surface area contributed by atoms with E-state index in [9.17, 15) is 0 Å². The Labute approximate surface area is 122 Å². The highest BCUT2D eigenvalue weighted by molar-refractivity contribution is 9.10. The monoisotopic (exact) mass is 317 g/mol. The molecule has 2 nitrogen and oxygen atoms in total. The van der Waals surface area contributed by atoms with E-state index < -0.39 is 0 Å². The van der Waals surface area contributed by atoms with E-state index in [1.165, 1.54) is 0 Å². The van der Waals surface area contributed by atoms with Gasteiger partial charge >= 0.3 is 0 Å². The first-order valence-electron chi connectivity index (χ1n) is 6.03. The summed E-state index contributed by atoms with van der Waals surface area (Å²) in [5, 5.41) is 8.33. The molecule has 1 N–H and O–H groups in total. The molecule has 0 unspecified atom stereocenters. The standard InChI is InChI=1S/C16H16BrNO/c1-10-7-13(8-11(2)16(10)19-3)15(18)12-5-4-6-14(17)9-12/h4-9,18H,1-3H3. The Bertz CT molecular complexity index is 611. The normalized spacial score (nSPS) is 10.3. The molecule has 0 aliphatic heterocycles. The fourth-order valence-corrected chi connectivity index (χ4v) is 2.63. The molecular formula is C16H16BrNO. The van der Waals surface area contributed by atoms with Gasteiger partial charge < -0.3 is 4.74 Å². The van der Waals surface area contributed by atoms with Crippen LogP contribution in [0.5, 0.6) is 5.75 Å². The van der Waals surface area contributed by atoms with Gasteiger partial charge in [-0.25, -0.2) is 0 Å². The Morgan fingerprint density at radius 1 is 1.05 bits per heavy atom. The van der Waals surface area contributed by atoms with E-state index >= 15 is 0 Å². The molecule has 0 atom stereocenters. The Kier molecular flexibility index (Phi) is 4.05. The second kappa shape index (κ2) is 5.57. The number of hydrogen-bond acceptors (Lipinski definition) is 2. The summed E-state index contributed by atoms with van der Waals surface area (Å²) in [7, 11) is 1.68. The molecule has 2 aromatic carbocycles. The third-order valence-electron chi connectivity index (χ3n) is 3.07.